The number of hydrogen-bond donors (Lipinski definition) is 1. The molecule has 1 saturated carbocycles. The van der Waals surface area contributed by atoms with Crippen molar-refractivity contribution in [2.75, 3.05) is 5.32 Å². The molecule has 1 amide bonds. The van der Waals surface area contributed by atoms with E-state index in [0.29, 0.717) is 16.7 Å². The van der Waals surface area contributed by atoms with Crippen molar-refractivity contribution in [3.05, 3.63) is 41.2 Å². The second-order valence-electron chi connectivity index (χ2n) is 5.84. The number of aromatic nitrogens is 2. The van der Waals surface area contributed by atoms with E-state index in [9.17, 15) is 9.18 Å². The van der Waals surface area contributed by atoms with Gasteiger partial charge in [0, 0.05) is 11.8 Å². The first-order valence-corrected chi connectivity index (χ1v) is 8.69. The van der Waals surface area contributed by atoms with Crippen LogP contribution in [0.1, 0.15) is 12.0 Å². The summed E-state index contributed by atoms with van der Waals surface area (Å²) >= 11 is 7.59. The van der Waals surface area contributed by atoms with Gasteiger partial charge in [-0.1, -0.05) is 29.0 Å². The molecule has 1 N–H and O–H groups in total. The van der Waals surface area contributed by atoms with E-state index < -0.39 is 12.1 Å². The normalized spacial score (nSPS) is 19.5. The Labute approximate surface area is 146 Å². The molecule has 1 unspecified atom stereocenters. The molecule has 3 aromatic rings. The molecule has 1 aromatic carbocycles. The molecule has 1 aliphatic rings. The largest absolute Gasteiger partial charge is 0.302 e. The zero-order valence-electron chi connectivity index (χ0n) is 12.7. The molecule has 0 aliphatic heterocycles. The van der Waals surface area contributed by atoms with E-state index in [1.807, 2.05) is 31.2 Å². The van der Waals surface area contributed by atoms with Crippen LogP contribution in [0.4, 0.5) is 9.52 Å². The Morgan fingerprint density at radius 3 is 2.92 bits per heavy atom. The molecule has 24 heavy (non-hydrogen) atoms. The van der Waals surface area contributed by atoms with E-state index in [1.165, 1.54) is 11.3 Å². The predicted octanol–water partition coefficient (Wildman–Crippen LogP) is 4.62. The molecule has 0 bridgehead atoms. The third kappa shape index (κ3) is 2.76. The van der Waals surface area contributed by atoms with Gasteiger partial charge in [0.15, 0.2) is 5.13 Å². The van der Waals surface area contributed by atoms with Crippen LogP contribution in [0.2, 0.25) is 5.15 Å². The number of amides is 1. The Bertz CT molecular complexity index is 938. The van der Waals surface area contributed by atoms with Gasteiger partial charge in [-0.3, -0.25) is 4.79 Å². The lowest BCUT2D eigenvalue weighted by Crippen LogP contribution is -2.14. The number of hydrogen-bond acceptors (Lipinski definition) is 4. The Balaban J connectivity index is 1.67. The molecule has 4 nitrogen and oxygen atoms in total. The van der Waals surface area contributed by atoms with Crippen molar-refractivity contribution in [1.29, 1.82) is 0 Å². The number of thiazole rings is 1. The van der Waals surface area contributed by atoms with Crippen LogP contribution in [-0.4, -0.2) is 22.0 Å². The average Bonchev–Trinajstić information content (AvgIpc) is 3.13. The summed E-state index contributed by atoms with van der Waals surface area (Å²) in [6.07, 6.45) is 0.970. The van der Waals surface area contributed by atoms with Gasteiger partial charge in [-0.15, -0.1) is 0 Å². The highest BCUT2D eigenvalue weighted by Crippen LogP contribution is 2.37. The van der Waals surface area contributed by atoms with E-state index in [2.05, 4.69) is 15.3 Å². The number of carbonyl (C=O) groups is 1. The molecule has 122 valence electrons. The quantitative estimate of drug-likeness (QED) is 0.693. The number of aryl methyl sites for hydroxylation is 1. The predicted molar refractivity (Wildman–Crippen MR) is 94.2 cm³/mol. The summed E-state index contributed by atoms with van der Waals surface area (Å²) in [5, 5.41) is 3.64. The Hall–Kier alpha value is -2.05. The number of benzene rings is 1. The fraction of sp³-hybridized carbons (Fsp3) is 0.235. The molecule has 2 heterocycles. The van der Waals surface area contributed by atoms with Crippen LogP contribution in [0.5, 0.6) is 0 Å². The maximum atomic E-state index is 13.0. The summed E-state index contributed by atoms with van der Waals surface area (Å²) in [6, 6.07) is 7.71. The van der Waals surface area contributed by atoms with Crippen molar-refractivity contribution in [3.63, 3.8) is 0 Å². The summed E-state index contributed by atoms with van der Waals surface area (Å²) in [7, 11) is 0. The van der Waals surface area contributed by atoms with E-state index in [-0.39, 0.29) is 5.91 Å². The Morgan fingerprint density at radius 2 is 2.21 bits per heavy atom. The van der Waals surface area contributed by atoms with Gasteiger partial charge in [0.25, 0.3) is 0 Å². The van der Waals surface area contributed by atoms with Crippen molar-refractivity contribution in [1.82, 2.24) is 9.97 Å². The number of alkyl halides is 1. The van der Waals surface area contributed by atoms with Gasteiger partial charge in [0.05, 0.1) is 16.1 Å². The molecule has 1 aliphatic carbocycles. The van der Waals surface area contributed by atoms with E-state index in [4.69, 9.17) is 11.6 Å². The molecular formula is C17H13ClFN3OS. The summed E-state index contributed by atoms with van der Waals surface area (Å²) < 4.78 is 13.9. The lowest BCUT2D eigenvalue weighted by atomic mass is 10.0. The average molecular weight is 362 g/mol. The second-order valence-corrected chi connectivity index (χ2v) is 7.23. The molecular weight excluding hydrogens is 349 g/mol. The fourth-order valence-electron chi connectivity index (χ4n) is 2.64. The zero-order valence-corrected chi connectivity index (χ0v) is 14.3. The number of nitrogens with one attached hydrogen (secondary N) is 1. The summed E-state index contributed by atoms with van der Waals surface area (Å²) in [5.41, 5.74) is 3.66. The van der Waals surface area contributed by atoms with Crippen LogP contribution < -0.4 is 5.32 Å². The van der Waals surface area contributed by atoms with Gasteiger partial charge in [0.2, 0.25) is 5.91 Å². The minimum absolute atomic E-state index is 0.298. The fourth-order valence-corrected chi connectivity index (χ4v) is 3.86. The third-order valence-corrected chi connectivity index (χ3v) is 5.29. The zero-order chi connectivity index (χ0) is 16.8. The van der Waals surface area contributed by atoms with E-state index >= 15 is 0 Å². The van der Waals surface area contributed by atoms with Gasteiger partial charge >= 0.3 is 0 Å². The Kier molecular flexibility index (Phi) is 3.73. The molecule has 1 fully saturated rings. The molecule has 7 heteroatoms. The first-order chi connectivity index (χ1) is 11.5. The van der Waals surface area contributed by atoms with Gasteiger partial charge < -0.3 is 5.32 Å². The number of nitrogens with zero attached hydrogens (tertiary/aromatic N) is 2. The van der Waals surface area contributed by atoms with Gasteiger partial charge in [0.1, 0.15) is 11.3 Å². The highest BCUT2D eigenvalue weighted by atomic mass is 35.5. The molecule has 0 saturated heterocycles. The van der Waals surface area contributed by atoms with Crippen molar-refractivity contribution in [2.45, 2.75) is 19.5 Å². The minimum Gasteiger partial charge on any atom is -0.302 e. The number of halogens is 2. The second kappa shape index (κ2) is 5.79. The van der Waals surface area contributed by atoms with Crippen molar-refractivity contribution >= 4 is 44.2 Å². The lowest BCUT2D eigenvalue weighted by molar-refractivity contribution is -0.117. The van der Waals surface area contributed by atoms with Crippen LogP contribution in [-0.2, 0) is 4.79 Å². The van der Waals surface area contributed by atoms with E-state index in [0.717, 1.165) is 26.9 Å². The maximum Gasteiger partial charge on any atom is 0.232 e. The van der Waals surface area contributed by atoms with Crippen LogP contribution >= 0.6 is 22.9 Å². The van der Waals surface area contributed by atoms with E-state index in [1.54, 1.807) is 6.20 Å². The summed E-state index contributed by atoms with van der Waals surface area (Å²) in [5.74, 6) is -0.822. The molecule has 2 atom stereocenters. The van der Waals surface area contributed by atoms with Crippen LogP contribution in [0.15, 0.2) is 30.5 Å². The molecule has 4 rings (SSSR count). The standard InChI is InChI=1S/C17H13ClFN3OS/c1-8-4-5-20-15(18)14(8)9-2-3-12-13(6-9)24-17(21-12)22-16(23)10-7-11(10)19/h2-6,10-11H,7H2,1H3,(H,21,22,23)/t10-,11?/m1/s1. The Morgan fingerprint density at radius 1 is 1.42 bits per heavy atom. The number of fused-ring (bicyclic) bond motifs is 1. The SMILES string of the molecule is Cc1ccnc(Cl)c1-c1ccc2nc(NC(=O)[C@@H]3CC3F)sc2c1. The van der Waals surface area contributed by atoms with Gasteiger partial charge in [-0.05, 0) is 42.7 Å². The molecule has 0 spiro atoms. The summed E-state index contributed by atoms with van der Waals surface area (Å²) in [4.78, 5) is 20.3. The highest BCUT2D eigenvalue weighted by Gasteiger charge is 2.43. The van der Waals surface area contributed by atoms with Crippen LogP contribution in [0.25, 0.3) is 21.3 Å². The maximum absolute atomic E-state index is 13.0. The van der Waals surface area contributed by atoms with Crippen LogP contribution in [0.3, 0.4) is 0 Å². The number of pyridine rings is 1. The topological polar surface area (TPSA) is 54.9 Å². The van der Waals surface area contributed by atoms with Gasteiger partial charge in [-0.2, -0.15) is 0 Å². The minimum atomic E-state index is -1.01. The molecule has 0 radical (unpaired) electrons. The first kappa shape index (κ1) is 15.5. The lowest BCUT2D eigenvalue weighted by Gasteiger charge is -2.07. The smallest absolute Gasteiger partial charge is 0.232 e. The number of rotatable bonds is 3. The van der Waals surface area contributed by atoms with Crippen LogP contribution in [0, 0.1) is 12.8 Å². The van der Waals surface area contributed by atoms with Crippen molar-refractivity contribution in [3.8, 4) is 11.1 Å². The monoisotopic (exact) mass is 361 g/mol. The van der Waals surface area contributed by atoms with Crippen molar-refractivity contribution < 1.29 is 9.18 Å². The van der Waals surface area contributed by atoms with Crippen molar-refractivity contribution in [2.24, 2.45) is 5.92 Å². The molecule has 2 aromatic heterocycles. The first-order valence-electron chi connectivity index (χ1n) is 7.50. The summed E-state index contributed by atoms with van der Waals surface area (Å²) in [6.45, 7) is 1.98. The third-order valence-electron chi connectivity index (χ3n) is 4.07. The van der Waals surface area contributed by atoms with Gasteiger partial charge in [-0.25, -0.2) is 14.4 Å². The number of anilines is 1. The highest BCUT2D eigenvalue weighted by molar-refractivity contribution is 7.22. The number of carbonyl (C=O) groups excluding carboxylic acids is 1.